The van der Waals surface area contributed by atoms with Gasteiger partial charge in [-0.05, 0) is 53.4 Å². The molecule has 6 heteroatoms. The Morgan fingerprint density at radius 1 is 0.909 bits per heavy atom. The average Bonchev–Trinajstić information content (AvgIpc) is 3.16. The van der Waals surface area contributed by atoms with Gasteiger partial charge >= 0.3 is 0 Å². The first-order chi connectivity index (χ1) is 10.9. The summed E-state index contributed by atoms with van der Waals surface area (Å²) in [6.07, 6.45) is 0. The highest BCUT2D eigenvalue weighted by molar-refractivity contribution is 7.14. The Balaban J connectivity index is 1.39. The summed E-state index contributed by atoms with van der Waals surface area (Å²) in [7, 11) is 0. The van der Waals surface area contributed by atoms with Crippen molar-refractivity contribution >= 4 is 54.9 Å². The third-order valence-electron chi connectivity index (χ3n) is 3.33. The fraction of sp³-hybridized carbons (Fsp3) is 0.125. The van der Waals surface area contributed by atoms with Crippen molar-refractivity contribution in [1.29, 1.82) is 0 Å². The van der Waals surface area contributed by atoms with Crippen molar-refractivity contribution in [3.63, 3.8) is 0 Å². The molecule has 0 saturated carbocycles. The van der Waals surface area contributed by atoms with Gasteiger partial charge < -0.3 is 10.6 Å². The van der Waals surface area contributed by atoms with Gasteiger partial charge in [-0.1, -0.05) is 18.2 Å². The standard InChI is InChI=1S/C16H12N4S2/c1-3-7-13-11(5-1)15(19-21-13)17-9-10-18-16-12-6-2-4-8-14(12)22-20-16/h1-3,5-7H,9-10H2,(H,17,19)(H,18,20). The molecule has 0 spiro atoms. The zero-order valence-corrected chi connectivity index (χ0v) is 13.2. The summed E-state index contributed by atoms with van der Waals surface area (Å²) in [6, 6.07) is 18.1. The highest BCUT2D eigenvalue weighted by Crippen LogP contribution is 2.26. The molecule has 2 aromatic heterocycles. The molecule has 4 aromatic rings. The second-order valence-corrected chi connectivity index (χ2v) is 6.34. The molecule has 2 heterocycles. The molecular weight excluding hydrogens is 312 g/mol. The van der Waals surface area contributed by atoms with Gasteiger partial charge in [0.2, 0.25) is 0 Å². The maximum absolute atomic E-state index is 4.46. The monoisotopic (exact) mass is 324 g/mol. The largest absolute Gasteiger partial charge is 0.367 e. The van der Waals surface area contributed by atoms with Gasteiger partial charge in [0.1, 0.15) is 16.3 Å². The summed E-state index contributed by atoms with van der Waals surface area (Å²) in [4.78, 5) is 0. The zero-order chi connectivity index (χ0) is 14.8. The van der Waals surface area contributed by atoms with Crippen LogP contribution in [0.15, 0.2) is 36.4 Å². The van der Waals surface area contributed by atoms with E-state index in [1.165, 1.54) is 33.2 Å². The van der Waals surface area contributed by atoms with Crippen LogP contribution in [0.1, 0.15) is 0 Å². The van der Waals surface area contributed by atoms with E-state index >= 15 is 0 Å². The van der Waals surface area contributed by atoms with Gasteiger partial charge in [0.15, 0.2) is 0 Å². The summed E-state index contributed by atoms with van der Waals surface area (Å²) >= 11 is 2.96. The van der Waals surface area contributed by atoms with Gasteiger partial charge in [-0.3, -0.25) is 0 Å². The van der Waals surface area contributed by atoms with Crippen molar-refractivity contribution in [3.05, 3.63) is 48.5 Å². The SMILES string of the molecule is c1ccc2c(NCCNc3nsc4ccccc34)nsc2c#1. The van der Waals surface area contributed by atoms with Crippen LogP contribution in [0.5, 0.6) is 0 Å². The first-order valence-electron chi connectivity index (χ1n) is 6.92. The van der Waals surface area contributed by atoms with E-state index < -0.39 is 0 Å². The van der Waals surface area contributed by atoms with Crippen molar-refractivity contribution in [1.82, 2.24) is 8.75 Å². The Morgan fingerprint density at radius 2 is 1.68 bits per heavy atom. The van der Waals surface area contributed by atoms with E-state index in [2.05, 4.69) is 43.6 Å². The lowest BCUT2D eigenvalue weighted by Crippen LogP contribution is -2.14. The minimum atomic E-state index is 0.781. The van der Waals surface area contributed by atoms with Crippen LogP contribution >= 0.6 is 23.1 Å². The first-order valence-corrected chi connectivity index (χ1v) is 8.46. The highest BCUT2D eigenvalue weighted by atomic mass is 32.1. The lowest BCUT2D eigenvalue weighted by molar-refractivity contribution is 1.07. The van der Waals surface area contributed by atoms with E-state index in [1.807, 2.05) is 24.3 Å². The summed E-state index contributed by atoms with van der Waals surface area (Å²) < 4.78 is 11.1. The number of nitrogens with one attached hydrogen (secondary N) is 2. The van der Waals surface area contributed by atoms with Crippen LogP contribution in [0, 0.1) is 12.1 Å². The Bertz CT molecular complexity index is 836. The summed E-state index contributed by atoms with van der Waals surface area (Å²) in [5, 5.41) is 9.01. The fourth-order valence-electron chi connectivity index (χ4n) is 2.28. The van der Waals surface area contributed by atoms with Gasteiger partial charge in [-0.25, -0.2) is 0 Å². The zero-order valence-electron chi connectivity index (χ0n) is 11.6. The molecule has 108 valence electrons. The number of hydrogen-bond acceptors (Lipinski definition) is 6. The third-order valence-corrected chi connectivity index (χ3v) is 4.94. The molecule has 0 unspecified atom stereocenters. The molecule has 0 aliphatic carbocycles. The van der Waals surface area contributed by atoms with Crippen LogP contribution < -0.4 is 10.6 Å². The van der Waals surface area contributed by atoms with Crippen LogP contribution in [0.4, 0.5) is 11.6 Å². The van der Waals surface area contributed by atoms with E-state index in [1.54, 1.807) is 0 Å². The number of aromatic nitrogens is 2. The Labute approximate surface area is 136 Å². The maximum Gasteiger partial charge on any atom is 0.148 e. The maximum atomic E-state index is 4.46. The topological polar surface area (TPSA) is 49.8 Å². The molecule has 4 rings (SSSR count). The molecule has 0 bridgehead atoms. The lowest BCUT2D eigenvalue weighted by atomic mass is 10.2. The number of rotatable bonds is 5. The molecule has 0 aliphatic heterocycles. The van der Waals surface area contributed by atoms with Crippen LogP contribution in [0.3, 0.4) is 0 Å². The molecule has 22 heavy (non-hydrogen) atoms. The van der Waals surface area contributed by atoms with Crippen molar-refractivity contribution in [3.8, 4) is 0 Å². The van der Waals surface area contributed by atoms with Gasteiger partial charge in [0, 0.05) is 23.9 Å². The number of nitrogens with zero attached hydrogens (tertiary/aromatic N) is 2. The Hall–Kier alpha value is -2.36. The second kappa shape index (κ2) is 5.79. The van der Waals surface area contributed by atoms with Crippen LogP contribution in [0.2, 0.25) is 0 Å². The average molecular weight is 324 g/mol. The molecule has 2 aromatic carbocycles. The number of anilines is 2. The molecule has 0 amide bonds. The van der Waals surface area contributed by atoms with Gasteiger partial charge in [-0.2, -0.15) is 8.75 Å². The minimum Gasteiger partial charge on any atom is -0.367 e. The van der Waals surface area contributed by atoms with Crippen LogP contribution in [-0.2, 0) is 0 Å². The van der Waals surface area contributed by atoms with Crippen LogP contribution in [-0.4, -0.2) is 21.8 Å². The smallest absolute Gasteiger partial charge is 0.148 e. The molecule has 0 aliphatic rings. The van der Waals surface area contributed by atoms with E-state index in [0.29, 0.717) is 0 Å². The van der Waals surface area contributed by atoms with E-state index in [-0.39, 0.29) is 0 Å². The molecule has 0 fully saturated rings. The molecular formula is C16H12N4S2. The van der Waals surface area contributed by atoms with Crippen molar-refractivity contribution in [2.75, 3.05) is 23.7 Å². The number of hydrogen-bond donors (Lipinski definition) is 2. The molecule has 0 atom stereocenters. The van der Waals surface area contributed by atoms with Crippen molar-refractivity contribution < 1.29 is 0 Å². The van der Waals surface area contributed by atoms with Gasteiger partial charge in [0.05, 0.1) is 4.70 Å². The number of benzene rings is 1. The Kier molecular flexibility index (Phi) is 3.51. The highest BCUT2D eigenvalue weighted by Gasteiger charge is 2.06. The summed E-state index contributed by atoms with van der Waals surface area (Å²) in [5.74, 6) is 1.86. The minimum absolute atomic E-state index is 0.781. The predicted octanol–water partition coefficient (Wildman–Crippen LogP) is 4.03. The fourth-order valence-corrected chi connectivity index (χ4v) is 3.74. The molecule has 2 N–H and O–H groups in total. The van der Waals surface area contributed by atoms with Crippen LogP contribution in [0.25, 0.3) is 20.2 Å². The second-order valence-electron chi connectivity index (χ2n) is 4.76. The van der Waals surface area contributed by atoms with Gasteiger partial charge in [-0.15, -0.1) is 0 Å². The van der Waals surface area contributed by atoms with E-state index in [4.69, 9.17) is 0 Å². The van der Waals surface area contributed by atoms with Crippen molar-refractivity contribution in [2.45, 2.75) is 0 Å². The Morgan fingerprint density at radius 3 is 2.59 bits per heavy atom. The third kappa shape index (κ3) is 2.45. The quantitative estimate of drug-likeness (QED) is 0.544. The molecule has 0 radical (unpaired) electrons. The number of fused-ring (bicyclic) bond motifs is 2. The molecule has 0 saturated heterocycles. The predicted molar refractivity (Wildman–Crippen MR) is 93.9 cm³/mol. The van der Waals surface area contributed by atoms with E-state index in [0.717, 1.165) is 34.8 Å². The van der Waals surface area contributed by atoms with Crippen molar-refractivity contribution in [2.24, 2.45) is 0 Å². The first kappa shape index (κ1) is 13.3. The van der Waals surface area contributed by atoms with E-state index in [9.17, 15) is 0 Å². The summed E-state index contributed by atoms with van der Waals surface area (Å²) in [6.45, 7) is 1.57. The summed E-state index contributed by atoms with van der Waals surface area (Å²) in [5.41, 5.74) is 0. The van der Waals surface area contributed by atoms with Gasteiger partial charge in [0.25, 0.3) is 0 Å². The normalized spacial score (nSPS) is 10.7. The molecule has 4 nitrogen and oxygen atoms in total. The lowest BCUT2D eigenvalue weighted by Gasteiger charge is -2.05.